The number of fused-ring (bicyclic) bond motifs is 5. The van der Waals surface area contributed by atoms with Gasteiger partial charge in [-0.25, -0.2) is 26.9 Å². The van der Waals surface area contributed by atoms with Crippen molar-refractivity contribution < 1.29 is 48.7 Å². The number of aromatic nitrogens is 5. The van der Waals surface area contributed by atoms with Crippen LogP contribution in [0.3, 0.4) is 0 Å². The first-order valence-electron chi connectivity index (χ1n) is 16.7. The van der Waals surface area contributed by atoms with Crippen LogP contribution in [0.2, 0.25) is 5.02 Å². The summed E-state index contributed by atoms with van der Waals surface area (Å²) in [5, 5.41) is 13.4. The maximum atomic E-state index is 16.0. The third kappa shape index (κ3) is 6.16. The first-order chi connectivity index (χ1) is 26.1. The number of anilines is 3. The Kier molecular flexibility index (Phi) is 8.39. The molecule has 0 spiro atoms. The highest BCUT2D eigenvalue weighted by molar-refractivity contribution is 7.92. The molecule has 0 bridgehead atoms. The summed E-state index contributed by atoms with van der Waals surface area (Å²) in [5.74, 6) is -12.6. The minimum Gasteiger partial charge on any atom is -0.368 e. The van der Waals surface area contributed by atoms with E-state index in [0.717, 1.165) is 18.4 Å². The highest BCUT2D eigenvalue weighted by Gasteiger charge is 2.69. The van der Waals surface area contributed by atoms with E-state index in [1.807, 2.05) is 0 Å². The molecule has 2 aromatic carbocycles. The molecule has 0 radical (unpaired) electrons. The zero-order chi connectivity index (χ0) is 40.4. The number of nitrogens with one attached hydrogen (secondary N) is 3. The smallest absolute Gasteiger partial charge is 0.368 e. The van der Waals surface area contributed by atoms with Crippen molar-refractivity contribution in [2.45, 2.75) is 42.8 Å². The van der Waals surface area contributed by atoms with Gasteiger partial charge in [-0.2, -0.15) is 32.1 Å². The number of carbonyl (C=O) groups is 2. The first-order valence-corrected chi connectivity index (χ1v) is 18.9. The Balaban J connectivity index is 1.45. The maximum absolute atomic E-state index is 16.0. The molecule has 56 heavy (non-hydrogen) atoms. The van der Waals surface area contributed by atoms with Gasteiger partial charge in [0.25, 0.3) is 5.92 Å². The summed E-state index contributed by atoms with van der Waals surface area (Å²) < 4.78 is 133. The van der Waals surface area contributed by atoms with Crippen molar-refractivity contribution in [1.82, 2.24) is 24.5 Å². The van der Waals surface area contributed by atoms with Crippen LogP contribution in [-0.4, -0.2) is 57.6 Å². The third-order valence-electron chi connectivity index (χ3n) is 10.1. The molecule has 3 aliphatic rings. The molecule has 0 saturated heterocycles. The molecule has 4 heterocycles. The highest BCUT2D eigenvalue weighted by Crippen LogP contribution is 2.69. The summed E-state index contributed by atoms with van der Waals surface area (Å²) >= 11 is 6.57. The topological polar surface area (TPSA) is 179 Å². The Morgan fingerprint density at radius 2 is 1.82 bits per heavy atom. The molecule has 1 aliphatic heterocycles. The summed E-state index contributed by atoms with van der Waals surface area (Å²) in [7, 11) is -2.49. The molecule has 8 rings (SSSR count). The molecule has 5 aromatic rings. The van der Waals surface area contributed by atoms with Gasteiger partial charge in [0, 0.05) is 41.6 Å². The zero-order valence-corrected chi connectivity index (χ0v) is 30.3. The number of rotatable bonds is 9. The molecular weight excluding hydrogens is 799 g/mol. The lowest BCUT2D eigenvalue weighted by Gasteiger charge is -2.31. The second kappa shape index (κ2) is 12.5. The summed E-state index contributed by atoms with van der Waals surface area (Å²) in [4.78, 5) is 30.9. The van der Waals surface area contributed by atoms with Crippen LogP contribution in [0.15, 0.2) is 36.4 Å². The van der Waals surface area contributed by atoms with Crippen molar-refractivity contribution in [3.8, 4) is 11.1 Å². The number of pyridine rings is 1. The van der Waals surface area contributed by atoms with Gasteiger partial charge in [0.15, 0.2) is 17.3 Å². The summed E-state index contributed by atoms with van der Waals surface area (Å²) in [6, 6.07) is 4.29. The van der Waals surface area contributed by atoms with Crippen molar-refractivity contribution in [3.05, 3.63) is 81.3 Å². The fourth-order valence-electron chi connectivity index (χ4n) is 7.92. The van der Waals surface area contributed by atoms with Crippen LogP contribution < -0.4 is 21.1 Å². The van der Waals surface area contributed by atoms with Crippen molar-refractivity contribution in [3.63, 3.8) is 0 Å². The monoisotopic (exact) mass is 825 g/mol. The number of hydrogen-bond donors (Lipinski definition) is 4. The van der Waals surface area contributed by atoms with E-state index >= 15 is 8.78 Å². The highest BCUT2D eigenvalue weighted by atomic mass is 35.5. The normalized spacial score (nSPS) is 19.4. The van der Waals surface area contributed by atoms with Crippen molar-refractivity contribution in [2.24, 2.45) is 18.7 Å². The molecule has 2 aliphatic carbocycles. The number of nitrogens with two attached hydrogens (primary N) is 1. The van der Waals surface area contributed by atoms with Crippen LogP contribution in [0.25, 0.3) is 22.0 Å². The number of primary amides is 1. The molecule has 22 heteroatoms. The average molecular weight is 826 g/mol. The molecular formula is C34H27ClF7N9O4S. The van der Waals surface area contributed by atoms with E-state index in [1.54, 1.807) is 0 Å². The predicted molar refractivity (Wildman–Crippen MR) is 188 cm³/mol. The van der Waals surface area contributed by atoms with Crippen LogP contribution in [0.5, 0.6) is 0 Å². The number of sulfonamides is 1. The second-order valence-corrected chi connectivity index (χ2v) is 16.1. The number of hydrogen-bond acceptors (Lipinski definition) is 8. The summed E-state index contributed by atoms with van der Waals surface area (Å²) in [5.41, 5.74) is 2.33. The molecule has 1 unspecified atom stereocenters. The number of nitrogens with zero attached hydrogens (tertiary/aromatic N) is 5. The standard InChI is InChI=1S/C34H27ClF7N9O4S/c1-50-26-15(3-4-20(35)24(26)32(48-50)49-56(2,54)55)16-10-21-31(44-11-22(52)45-21)46-25(16)18(7-12-5-13(36)8-14(37)6-12)27(30(43)53)51-29-23(28(47-51)34(40,41)42)17-9-19(17)33(29,38)39/h3-6,8,10,17-19,27H,7,9,11H2,1-2H3,(H2,43,53)(H,44,46)(H,45,52)(H,48,49)/t17-,18+,19+,27?/m0/s1. The van der Waals surface area contributed by atoms with Crippen molar-refractivity contribution in [2.75, 3.05) is 28.2 Å². The molecule has 294 valence electrons. The largest absolute Gasteiger partial charge is 0.435 e. The van der Waals surface area contributed by atoms with E-state index in [2.05, 4.69) is 30.5 Å². The number of aryl methyl sites for hydroxylation is 1. The van der Waals surface area contributed by atoms with Gasteiger partial charge in [0.1, 0.15) is 23.4 Å². The maximum Gasteiger partial charge on any atom is 0.435 e. The molecule has 5 N–H and O–H groups in total. The van der Waals surface area contributed by atoms with Gasteiger partial charge in [-0.3, -0.25) is 19.0 Å². The fraction of sp³-hybridized carbons (Fsp3) is 0.324. The lowest BCUT2D eigenvalue weighted by Crippen LogP contribution is -2.37. The van der Waals surface area contributed by atoms with Crippen molar-refractivity contribution in [1.29, 1.82) is 0 Å². The average Bonchev–Trinajstić information content (AvgIpc) is 3.60. The zero-order valence-electron chi connectivity index (χ0n) is 28.8. The van der Waals surface area contributed by atoms with E-state index in [0.29, 0.717) is 6.07 Å². The molecule has 4 atom stereocenters. The first kappa shape index (κ1) is 37.5. The minimum absolute atomic E-state index is 0.00842. The lowest BCUT2D eigenvalue weighted by molar-refractivity contribution is -0.142. The van der Waals surface area contributed by atoms with E-state index in [1.165, 1.54) is 29.9 Å². The van der Waals surface area contributed by atoms with Gasteiger partial charge < -0.3 is 16.4 Å². The Labute approximate surface area is 316 Å². The predicted octanol–water partition coefficient (Wildman–Crippen LogP) is 5.78. The number of alkyl halides is 5. The van der Waals surface area contributed by atoms with E-state index in [4.69, 9.17) is 17.3 Å². The molecule has 2 amide bonds. The van der Waals surface area contributed by atoms with Gasteiger partial charge in [-0.05, 0) is 48.6 Å². The fourth-order valence-corrected chi connectivity index (χ4v) is 8.65. The Morgan fingerprint density at radius 3 is 2.46 bits per heavy atom. The number of amides is 2. The van der Waals surface area contributed by atoms with Gasteiger partial charge in [0.2, 0.25) is 21.8 Å². The van der Waals surface area contributed by atoms with Gasteiger partial charge in [-0.15, -0.1) is 0 Å². The number of halogens is 8. The number of carbonyl (C=O) groups excluding carboxylic acids is 2. The summed E-state index contributed by atoms with van der Waals surface area (Å²) in [6.07, 6.45) is -5.23. The molecule has 1 fully saturated rings. The second-order valence-electron chi connectivity index (χ2n) is 13.9. The van der Waals surface area contributed by atoms with Crippen LogP contribution >= 0.6 is 11.6 Å². The van der Waals surface area contributed by atoms with Crippen LogP contribution in [-0.2, 0) is 45.2 Å². The van der Waals surface area contributed by atoms with E-state index in [-0.39, 0.29) is 73.3 Å². The quantitative estimate of drug-likeness (QED) is 0.135. The van der Waals surface area contributed by atoms with Crippen LogP contribution in [0, 0.1) is 17.6 Å². The Bertz CT molecular complexity index is 2630. The van der Waals surface area contributed by atoms with Gasteiger partial charge in [-0.1, -0.05) is 17.7 Å². The van der Waals surface area contributed by atoms with Crippen LogP contribution in [0.1, 0.15) is 52.5 Å². The van der Waals surface area contributed by atoms with E-state index < -0.39 is 92.7 Å². The third-order valence-corrected chi connectivity index (χ3v) is 11.0. The van der Waals surface area contributed by atoms with Crippen LogP contribution in [0.4, 0.5) is 48.1 Å². The Morgan fingerprint density at radius 1 is 1.12 bits per heavy atom. The Hall–Kier alpha value is -5.44. The SMILES string of the molecule is Cn1nc(NS(C)(=O)=O)c2c(Cl)ccc(-c3cc4c(nc3[C@@H](Cc3cc(F)cc(F)c3)C(C(N)=O)n3nc(C(F)(F)F)c5c3C(F)(F)[C@@H]3C[C@H]53)NCC(=O)N4)c21. The summed E-state index contributed by atoms with van der Waals surface area (Å²) in [6.45, 7) is -0.304. The van der Waals surface area contributed by atoms with Gasteiger partial charge in [0.05, 0.1) is 40.1 Å². The van der Waals surface area contributed by atoms with Crippen molar-refractivity contribution >= 4 is 61.7 Å². The molecule has 1 saturated carbocycles. The van der Waals surface area contributed by atoms with Gasteiger partial charge >= 0.3 is 6.18 Å². The molecule has 13 nitrogen and oxygen atoms in total. The lowest BCUT2D eigenvalue weighted by atomic mass is 9.83. The minimum atomic E-state index is -5.23. The number of benzene rings is 2. The molecule has 3 aromatic heterocycles. The van der Waals surface area contributed by atoms with E-state index in [9.17, 15) is 40.0 Å².